The third-order valence-corrected chi connectivity index (χ3v) is 5.12. The molecule has 9 heteroatoms. The van der Waals surface area contributed by atoms with Gasteiger partial charge in [-0.3, -0.25) is 0 Å². The number of likely N-dealkylation sites (N-methyl/N-ethyl adjacent to an activating group) is 1. The Labute approximate surface area is 168 Å². The van der Waals surface area contributed by atoms with Crippen molar-refractivity contribution in [2.45, 2.75) is 25.9 Å². The number of benzene rings is 1. The van der Waals surface area contributed by atoms with Crippen LogP contribution in [0.2, 0.25) is 0 Å². The van der Waals surface area contributed by atoms with Crippen molar-refractivity contribution in [3.63, 3.8) is 0 Å². The summed E-state index contributed by atoms with van der Waals surface area (Å²) in [6.07, 6.45) is 1.75. The van der Waals surface area contributed by atoms with E-state index in [1.165, 1.54) is 0 Å². The first kappa shape index (κ1) is 19.0. The number of nitrogens with zero attached hydrogens (tertiary/aromatic N) is 7. The minimum Gasteiger partial charge on any atom is -0.492 e. The van der Waals surface area contributed by atoms with Gasteiger partial charge in [0.2, 0.25) is 0 Å². The van der Waals surface area contributed by atoms with Crippen LogP contribution in [0.25, 0.3) is 22.3 Å². The van der Waals surface area contributed by atoms with Crippen LogP contribution in [-0.2, 0) is 6.54 Å². The van der Waals surface area contributed by atoms with E-state index in [0.717, 1.165) is 28.0 Å². The molecule has 0 aliphatic heterocycles. The number of aromatic amines is 1. The number of aromatic nitrogens is 7. The van der Waals surface area contributed by atoms with Gasteiger partial charge in [-0.05, 0) is 64.3 Å². The van der Waals surface area contributed by atoms with E-state index >= 15 is 0 Å². The van der Waals surface area contributed by atoms with Crippen LogP contribution in [0.1, 0.15) is 19.7 Å². The molecule has 29 heavy (non-hydrogen) atoms. The number of hydrogen-bond acceptors (Lipinski definition) is 7. The summed E-state index contributed by atoms with van der Waals surface area (Å²) < 4.78 is 7.77. The lowest BCUT2D eigenvalue weighted by molar-refractivity contribution is 0.114. The molecule has 3 aromatic heterocycles. The molecule has 0 fully saturated rings. The quantitative estimate of drug-likeness (QED) is 0.516. The van der Waals surface area contributed by atoms with Crippen molar-refractivity contribution in [1.29, 1.82) is 0 Å². The number of hydrogen-bond donors (Lipinski definition) is 1. The van der Waals surface area contributed by atoms with E-state index in [0.29, 0.717) is 19.0 Å². The minimum absolute atomic E-state index is 0.0471. The summed E-state index contributed by atoms with van der Waals surface area (Å²) in [5.41, 5.74) is 2.58. The Morgan fingerprint density at radius 3 is 2.62 bits per heavy atom. The van der Waals surface area contributed by atoms with Gasteiger partial charge in [-0.15, -0.1) is 10.2 Å². The van der Waals surface area contributed by atoms with Crippen molar-refractivity contribution in [1.82, 2.24) is 40.3 Å². The van der Waals surface area contributed by atoms with Gasteiger partial charge in [0.15, 0.2) is 11.5 Å². The highest BCUT2D eigenvalue weighted by atomic mass is 16.5. The molecular weight excluding hydrogens is 368 g/mol. The summed E-state index contributed by atoms with van der Waals surface area (Å²) in [5.74, 6) is 1.39. The van der Waals surface area contributed by atoms with Gasteiger partial charge in [-0.25, -0.2) is 9.67 Å². The van der Waals surface area contributed by atoms with Crippen molar-refractivity contribution < 1.29 is 4.74 Å². The van der Waals surface area contributed by atoms with E-state index in [9.17, 15) is 0 Å². The lowest BCUT2D eigenvalue weighted by Crippen LogP contribution is -2.43. The summed E-state index contributed by atoms with van der Waals surface area (Å²) in [7, 11) is 4.10. The highest BCUT2D eigenvalue weighted by Gasteiger charge is 2.21. The van der Waals surface area contributed by atoms with Gasteiger partial charge in [0, 0.05) is 22.7 Å². The molecule has 1 aromatic carbocycles. The zero-order chi connectivity index (χ0) is 20.4. The lowest BCUT2D eigenvalue weighted by Gasteiger charge is -2.32. The van der Waals surface area contributed by atoms with Gasteiger partial charge in [0.25, 0.3) is 0 Å². The number of H-pyrrole nitrogens is 1. The van der Waals surface area contributed by atoms with Gasteiger partial charge < -0.3 is 9.64 Å². The minimum atomic E-state index is -0.0471. The van der Waals surface area contributed by atoms with Crippen LogP contribution in [-0.4, -0.2) is 66.5 Å². The Morgan fingerprint density at radius 1 is 1.14 bits per heavy atom. The monoisotopic (exact) mass is 392 g/mol. The summed E-state index contributed by atoms with van der Waals surface area (Å²) in [4.78, 5) is 6.63. The largest absolute Gasteiger partial charge is 0.492 e. The summed E-state index contributed by atoms with van der Waals surface area (Å²) in [6.45, 7) is 5.30. The second-order valence-electron chi connectivity index (χ2n) is 7.73. The zero-order valence-corrected chi connectivity index (χ0v) is 17.0. The van der Waals surface area contributed by atoms with Crippen LogP contribution in [0.15, 0.2) is 42.6 Å². The van der Waals surface area contributed by atoms with Crippen molar-refractivity contribution in [3.05, 3.63) is 48.4 Å². The number of rotatable bonds is 7. The van der Waals surface area contributed by atoms with E-state index in [1.54, 1.807) is 10.9 Å². The first-order valence-electron chi connectivity index (χ1n) is 9.38. The van der Waals surface area contributed by atoms with E-state index in [2.05, 4.69) is 58.5 Å². The van der Waals surface area contributed by atoms with Crippen LogP contribution in [0.5, 0.6) is 5.75 Å². The molecule has 9 nitrogen and oxygen atoms in total. The maximum Gasteiger partial charge on any atom is 0.196 e. The Balaban J connectivity index is 1.60. The molecule has 0 radical (unpaired) electrons. The second kappa shape index (κ2) is 7.59. The highest BCUT2D eigenvalue weighted by Crippen LogP contribution is 2.28. The van der Waals surface area contributed by atoms with Crippen molar-refractivity contribution in [2.75, 3.05) is 20.7 Å². The first-order chi connectivity index (χ1) is 13.9. The average Bonchev–Trinajstić information content (AvgIpc) is 3.36. The SMILES string of the molecule is CN(C)C(C)(C)COc1ccc(-c2nn(Cc3nn[nH]n3)c3ncccc23)cc1. The highest BCUT2D eigenvalue weighted by molar-refractivity contribution is 5.91. The lowest BCUT2D eigenvalue weighted by atomic mass is 10.1. The van der Waals surface area contributed by atoms with Gasteiger partial charge in [0.05, 0.1) is 0 Å². The van der Waals surface area contributed by atoms with Crippen molar-refractivity contribution in [2.24, 2.45) is 0 Å². The number of ether oxygens (including phenoxy) is 1. The summed E-state index contributed by atoms with van der Waals surface area (Å²) in [6, 6.07) is 11.9. The third-order valence-electron chi connectivity index (χ3n) is 5.12. The smallest absolute Gasteiger partial charge is 0.196 e. The maximum absolute atomic E-state index is 5.98. The number of nitrogens with one attached hydrogen (secondary N) is 1. The third kappa shape index (κ3) is 3.95. The molecule has 4 rings (SSSR count). The Bertz CT molecular complexity index is 1080. The fourth-order valence-electron chi connectivity index (χ4n) is 2.81. The molecule has 0 atom stereocenters. The number of tetrazole rings is 1. The van der Waals surface area contributed by atoms with Crippen LogP contribution >= 0.6 is 0 Å². The molecule has 150 valence electrons. The van der Waals surface area contributed by atoms with Gasteiger partial charge in [-0.2, -0.15) is 10.3 Å². The van der Waals surface area contributed by atoms with Gasteiger partial charge >= 0.3 is 0 Å². The van der Waals surface area contributed by atoms with Crippen LogP contribution in [0.3, 0.4) is 0 Å². The Hall–Kier alpha value is -3.33. The van der Waals surface area contributed by atoms with E-state index in [-0.39, 0.29) is 5.54 Å². The fraction of sp³-hybridized carbons (Fsp3) is 0.350. The maximum atomic E-state index is 5.98. The predicted octanol–water partition coefficient (Wildman–Crippen LogP) is 2.38. The molecule has 0 unspecified atom stereocenters. The van der Waals surface area contributed by atoms with E-state index < -0.39 is 0 Å². The van der Waals surface area contributed by atoms with Crippen LogP contribution < -0.4 is 4.74 Å². The van der Waals surface area contributed by atoms with Gasteiger partial charge in [-0.1, -0.05) is 5.21 Å². The topological polar surface area (TPSA) is 97.6 Å². The zero-order valence-electron chi connectivity index (χ0n) is 17.0. The average molecular weight is 392 g/mol. The van der Waals surface area contributed by atoms with E-state index in [4.69, 9.17) is 9.84 Å². The Kier molecular flexibility index (Phi) is 4.98. The van der Waals surface area contributed by atoms with Crippen LogP contribution in [0, 0.1) is 0 Å². The molecule has 0 saturated carbocycles. The molecule has 0 bridgehead atoms. The molecule has 3 heterocycles. The van der Waals surface area contributed by atoms with Gasteiger partial charge in [0.1, 0.15) is 24.6 Å². The molecule has 0 spiro atoms. The normalized spacial score (nSPS) is 12.0. The molecule has 0 saturated heterocycles. The number of fused-ring (bicyclic) bond motifs is 1. The molecule has 1 N–H and O–H groups in total. The van der Waals surface area contributed by atoms with Crippen molar-refractivity contribution in [3.8, 4) is 17.0 Å². The van der Waals surface area contributed by atoms with Crippen LogP contribution in [0.4, 0.5) is 0 Å². The van der Waals surface area contributed by atoms with E-state index in [1.807, 2.05) is 36.4 Å². The molecule has 0 amide bonds. The second-order valence-corrected chi connectivity index (χ2v) is 7.73. The predicted molar refractivity (Wildman–Crippen MR) is 110 cm³/mol. The fourth-order valence-corrected chi connectivity index (χ4v) is 2.81. The Morgan fingerprint density at radius 2 is 1.93 bits per heavy atom. The molecule has 4 aromatic rings. The molecule has 0 aliphatic carbocycles. The molecule has 0 aliphatic rings. The summed E-state index contributed by atoms with van der Waals surface area (Å²) in [5, 5.41) is 19.8. The van der Waals surface area contributed by atoms with Crippen molar-refractivity contribution >= 4 is 11.0 Å². The first-order valence-corrected chi connectivity index (χ1v) is 9.38. The molecular formula is C20H24N8O. The number of pyridine rings is 1. The summed E-state index contributed by atoms with van der Waals surface area (Å²) >= 11 is 0. The standard InChI is InChI=1S/C20H24N8O/c1-20(2,27(3)4)13-29-15-9-7-14(8-10-15)18-16-6-5-11-21-19(16)28(24-18)12-17-22-25-26-23-17/h5-11H,12-13H2,1-4H3,(H,22,23,25,26).